The van der Waals surface area contributed by atoms with Crippen LogP contribution in [0.2, 0.25) is 0 Å². The molecule has 0 spiro atoms. The van der Waals surface area contributed by atoms with Gasteiger partial charge < -0.3 is 8.57 Å². The molecule has 0 atom stereocenters. The fourth-order valence-electron chi connectivity index (χ4n) is 1.04. The lowest BCUT2D eigenvalue weighted by molar-refractivity contribution is -0.125. The van der Waals surface area contributed by atoms with Crippen LogP contribution in [0.1, 0.15) is 47.5 Å². The molecule has 0 heterocycles. The van der Waals surface area contributed by atoms with Gasteiger partial charge in [-0.2, -0.15) is 10.6 Å². The van der Waals surface area contributed by atoms with Gasteiger partial charge in [0.25, 0.3) is 0 Å². The second-order valence-corrected chi connectivity index (χ2v) is 6.03. The maximum atomic E-state index is 11.6. The van der Waals surface area contributed by atoms with E-state index in [4.69, 9.17) is 0 Å². The number of hydrogen-bond acceptors (Lipinski definition) is 3. The first-order valence-electron chi connectivity index (χ1n) is 4.98. The Balaban J connectivity index is 4.64. The molecule has 0 aliphatic rings. The maximum Gasteiger partial charge on any atom is 0.228 e. The molecule has 0 bridgehead atoms. The normalized spacial score (nSPS) is 14.7. The van der Waals surface area contributed by atoms with Crippen LogP contribution in [0.5, 0.6) is 0 Å². The molecule has 0 aromatic heterocycles. The van der Waals surface area contributed by atoms with E-state index >= 15 is 0 Å². The third-order valence-electron chi connectivity index (χ3n) is 2.03. The summed E-state index contributed by atoms with van der Waals surface area (Å²) >= 11 is 0. The molecule has 0 aromatic rings. The Morgan fingerprint density at radius 2 is 1.93 bits per heavy atom. The van der Waals surface area contributed by atoms with Gasteiger partial charge in [-0.3, -0.25) is 4.79 Å². The molecule has 4 heteroatoms. The molecule has 0 aromatic carbocycles. The Hall–Kier alpha value is -0.380. The fourth-order valence-corrected chi connectivity index (χ4v) is 1.66. The highest BCUT2D eigenvalue weighted by Gasteiger charge is 2.24. The molecule has 0 fully saturated rings. The highest BCUT2D eigenvalue weighted by Crippen LogP contribution is 2.24. The van der Waals surface area contributed by atoms with Gasteiger partial charge in [-0.15, -0.1) is 0 Å². The largest absolute Gasteiger partial charge is 0.444 e. The molecule has 3 nitrogen and oxygen atoms in total. The van der Waals surface area contributed by atoms with Crippen molar-refractivity contribution in [3.63, 3.8) is 0 Å². The van der Waals surface area contributed by atoms with Crippen LogP contribution < -0.4 is 0 Å². The highest BCUT2D eigenvalue weighted by molar-refractivity contribution is 7.75. The summed E-state index contributed by atoms with van der Waals surface area (Å²) < 4.78 is 15.0. The molecule has 0 aliphatic heterocycles. The quantitative estimate of drug-likeness (QED) is 0.681. The SMILES string of the molecule is CCCC(C)(C)C(=O)N=[S-](=O)C(C)C. The molecule has 0 unspecified atom stereocenters. The first-order chi connectivity index (χ1) is 6.31. The molecule has 0 N–H and O–H groups in total. The van der Waals surface area contributed by atoms with Crippen LogP contribution in [-0.4, -0.2) is 11.2 Å². The monoisotopic (exact) mass is 218 g/mol. The summed E-state index contributed by atoms with van der Waals surface area (Å²) in [5.74, 6) is -0.244. The van der Waals surface area contributed by atoms with Gasteiger partial charge >= 0.3 is 0 Å². The van der Waals surface area contributed by atoms with Crippen molar-refractivity contribution in [3.8, 4) is 0 Å². The molecule has 14 heavy (non-hydrogen) atoms. The predicted molar refractivity (Wildman–Crippen MR) is 59.3 cm³/mol. The van der Waals surface area contributed by atoms with Crippen molar-refractivity contribution in [2.75, 3.05) is 0 Å². The molecule has 0 saturated carbocycles. The Labute approximate surface area is 88.5 Å². The smallest absolute Gasteiger partial charge is 0.228 e. The van der Waals surface area contributed by atoms with Crippen molar-refractivity contribution >= 4 is 16.5 Å². The minimum atomic E-state index is -1.38. The lowest BCUT2D eigenvalue weighted by Crippen LogP contribution is -2.22. The van der Waals surface area contributed by atoms with Gasteiger partial charge in [0, 0.05) is 5.41 Å². The van der Waals surface area contributed by atoms with Crippen molar-refractivity contribution in [1.29, 1.82) is 0 Å². The zero-order valence-electron chi connectivity index (χ0n) is 9.66. The van der Waals surface area contributed by atoms with Gasteiger partial charge in [0.2, 0.25) is 5.91 Å². The molecule has 0 rings (SSSR count). The first kappa shape index (κ1) is 13.6. The van der Waals surface area contributed by atoms with Crippen LogP contribution in [-0.2, 0) is 19.6 Å². The summed E-state index contributed by atoms with van der Waals surface area (Å²) in [6.45, 7) is 9.30. The van der Waals surface area contributed by atoms with Gasteiger partial charge in [0.1, 0.15) is 0 Å². The van der Waals surface area contributed by atoms with Crippen molar-refractivity contribution < 1.29 is 9.00 Å². The van der Waals surface area contributed by atoms with Gasteiger partial charge in [-0.1, -0.05) is 46.3 Å². The van der Waals surface area contributed by atoms with Crippen LogP contribution >= 0.6 is 0 Å². The second kappa shape index (κ2) is 5.49. The molecule has 0 radical (unpaired) electrons. The van der Waals surface area contributed by atoms with Crippen LogP contribution in [0, 0.1) is 5.41 Å². The number of amides is 1. The number of rotatable bonds is 4. The third-order valence-corrected chi connectivity index (χ3v) is 3.18. The van der Waals surface area contributed by atoms with Crippen molar-refractivity contribution in [3.05, 3.63) is 0 Å². The molecule has 1 amide bonds. The van der Waals surface area contributed by atoms with E-state index in [0.29, 0.717) is 0 Å². The number of carbonyl (C=O) groups is 1. The maximum absolute atomic E-state index is 11.6. The van der Waals surface area contributed by atoms with Gasteiger partial charge in [0.05, 0.1) is 0 Å². The van der Waals surface area contributed by atoms with Crippen LogP contribution in [0.4, 0.5) is 0 Å². The van der Waals surface area contributed by atoms with E-state index in [2.05, 4.69) is 4.36 Å². The molecule has 0 aliphatic carbocycles. The highest BCUT2D eigenvalue weighted by atomic mass is 32.2. The Morgan fingerprint density at radius 3 is 2.29 bits per heavy atom. The molecular weight excluding hydrogens is 198 g/mol. The average Bonchev–Trinajstić information content (AvgIpc) is 2.03. The van der Waals surface area contributed by atoms with Crippen molar-refractivity contribution in [2.24, 2.45) is 9.78 Å². The Morgan fingerprint density at radius 1 is 1.43 bits per heavy atom. The summed E-state index contributed by atoms with van der Waals surface area (Å²) in [5, 5.41) is -0.0867. The first-order valence-corrected chi connectivity index (χ1v) is 6.15. The van der Waals surface area contributed by atoms with Crippen molar-refractivity contribution in [1.82, 2.24) is 0 Å². The van der Waals surface area contributed by atoms with E-state index < -0.39 is 16.0 Å². The topological polar surface area (TPSA) is 46.5 Å². The zero-order valence-corrected chi connectivity index (χ0v) is 10.5. The second-order valence-electron chi connectivity index (χ2n) is 4.36. The minimum Gasteiger partial charge on any atom is -0.444 e. The van der Waals surface area contributed by atoms with E-state index in [9.17, 15) is 9.00 Å². The predicted octanol–water partition coefficient (Wildman–Crippen LogP) is 2.90. The van der Waals surface area contributed by atoms with Crippen LogP contribution in [0.25, 0.3) is 0 Å². The lowest BCUT2D eigenvalue weighted by Gasteiger charge is -2.21. The third kappa shape index (κ3) is 4.22. The standard InChI is InChI=1S/C10H20NO2S/c1-6-7-10(4,5)9(12)11-14(13)8(2)3/h8H,6-7H2,1-5H3/q-1. The fraction of sp³-hybridized carbons (Fsp3) is 0.900. The van der Waals surface area contributed by atoms with Crippen LogP contribution in [0.3, 0.4) is 0 Å². The Kier molecular flexibility index (Phi) is 5.34. The lowest BCUT2D eigenvalue weighted by atomic mass is 9.87. The van der Waals surface area contributed by atoms with E-state index in [-0.39, 0.29) is 11.2 Å². The number of hydrogen-bond donors (Lipinski definition) is 0. The van der Waals surface area contributed by atoms with Gasteiger partial charge in [-0.05, 0) is 6.42 Å². The minimum absolute atomic E-state index is 0.0867. The molecule has 84 valence electrons. The Bertz CT molecular complexity index is 276. The summed E-state index contributed by atoms with van der Waals surface area (Å²) in [4.78, 5) is 11.6. The summed E-state index contributed by atoms with van der Waals surface area (Å²) in [5.41, 5.74) is -0.473. The van der Waals surface area contributed by atoms with E-state index in [1.165, 1.54) is 0 Å². The summed E-state index contributed by atoms with van der Waals surface area (Å²) in [7, 11) is -1.38. The summed E-state index contributed by atoms with van der Waals surface area (Å²) in [6, 6.07) is 0. The molecule has 0 saturated heterocycles. The molecular formula is C10H20NO2S-. The van der Waals surface area contributed by atoms with Gasteiger partial charge in [0.15, 0.2) is 0 Å². The van der Waals surface area contributed by atoms with E-state index in [0.717, 1.165) is 12.8 Å². The van der Waals surface area contributed by atoms with Crippen molar-refractivity contribution in [2.45, 2.75) is 52.7 Å². The van der Waals surface area contributed by atoms with E-state index in [1.54, 1.807) is 13.8 Å². The summed E-state index contributed by atoms with van der Waals surface area (Å²) in [6.07, 6.45) is 1.72. The zero-order chi connectivity index (χ0) is 11.4. The number of nitrogens with zero attached hydrogens (tertiary/aromatic N) is 1. The van der Waals surface area contributed by atoms with Crippen LogP contribution in [0.15, 0.2) is 4.36 Å². The van der Waals surface area contributed by atoms with Gasteiger partial charge in [-0.25, -0.2) is 0 Å². The van der Waals surface area contributed by atoms with E-state index in [1.807, 2.05) is 20.8 Å². The average molecular weight is 218 g/mol. The number of carbonyl (C=O) groups excluding carboxylic acids is 1.